The third-order valence-electron chi connectivity index (χ3n) is 1.73. The highest BCUT2D eigenvalue weighted by Crippen LogP contribution is 2.48. The van der Waals surface area contributed by atoms with Crippen LogP contribution in [0.15, 0.2) is 0 Å². The van der Waals surface area contributed by atoms with Crippen molar-refractivity contribution in [3.8, 4) is 0 Å². The van der Waals surface area contributed by atoms with Crippen molar-refractivity contribution in [2.75, 3.05) is 32.5 Å². The molecule has 0 bridgehead atoms. The van der Waals surface area contributed by atoms with Crippen molar-refractivity contribution >= 4 is 13.5 Å². The highest BCUT2D eigenvalue weighted by molar-refractivity contribution is 7.53. The summed E-state index contributed by atoms with van der Waals surface area (Å²) in [5.74, 6) is -0.190. The Hall–Kier alpha value is -0.420. The minimum Gasteiger partial charge on any atom is -0.355 e. The Morgan fingerprint density at radius 1 is 1.31 bits per heavy atom. The number of hydrogen-bond acceptors (Lipinski definition) is 5. The van der Waals surface area contributed by atoms with Crippen LogP contribution >= 0.6 is 7.60 Å². The second kappa shape index (κ2) is 8.70. The number of amides is 1. The van der Waals surface area contributed by atoms with Crippen molar-refractivity contribution in [1.82, 2.24) is 5.32 Å². The summed E-state index contributed by atoms with van der Waals surface area (Å²) in [5, 5.41) is 2.59. The summed E-state index contributed by atoms with van der Waals surface area (Å²) >= 11 is 0. The molecule has 16 heavy (non-hydrogen) atoms. The van der Waals surface area contributed by atoms with E-state index in [0.717, 1.165) is 0 Å². The molecule has 7 heteroatoms. The summed E-state index contributed by atoms with van der Waals surface area (Å²) in [5.41, 5.74) is 5.24. The maximum absolute atomic E-state index is 11.9. The molecule has 0 rings (SSSR count). The number of carbonyl (C=O) groups is 1. The average molecular weight is 252 g/mol. The Morgan fingerprint density at radius 3 is 2.31 bits per heavy atom. The van der Waals surface area contributed by atoms with Gasteiger partial charge in [-0.15, -0.1) is 0 Å². The molecular weight excluding hydrogens is 231 g/mol. The van der Waals surface area contributed by atoms with Crippen LogP contribution in [0.4, 0.5) is 0 Å². The van der Waals surface area contributed by atoms with Gasteiger partial charge >= 0.3 is 7.60 Å². The van der Waals surface area contributed by atoms with Crippen molar-refractivity contribution in [2.45, 2.75) is 20.3 Å². The number of nitrogens with two attached hydrogens (primary N) is 1. The average Bonchev–Trinajstić information content (AvgIpc) is 2.24. The first-order valence-electron chi connectivity index (χ1n) is 5.42. The van der Waals surface area contributed by atoms with Crippen LogP contribution < -0.4 is 11.1 Å². The number of nitrogens with one attached hydrogen (secondary N) is 1. The van der Waals surface area contributed by atoms with E-state index in [0.29, 0.717) is 26.3 Å². The molecule has 1 amide bonds. The molecular formula is C9H21N2O4P. The molecule has 3 N–H and O–H groups in total. The summed E-state index contributed by atoms with van der Waals surface area (Å²) in [6.45, 7) is 4.90. The molecule has 6 nitrogen and oxygen atoms in total. The Labute approximate surface area is 96.4 Å². The molecule has 0 unspecified atom stereocenters. The molecule has 0 aromatic carbocycles. The zero-order chi connectivity index (χ0) is 12.4. The fourth-order valence-electron chi connectivity index (χ4n) is 1.10. The zero-order valence-electron chi connectivity index (χ0n) is 9.90. The molecule has 0 aromatic rings. The summed E-state index contributed by atoms with van der Waals surface area (Å²) < 4.78 is 22.0. The molecule has 0 heterocycles. The lowest BCUT2D eigenvalue weighted by atomic mass is 10.4. The normalized spacial score (nSPS) is 11.4. The van der Waals surface area contributed by atoms with Gasteiger partial charge in [0.2, 0.25) is 5.91 Å². The zero-order valence-corrected chi connectivity index (χ0v) is 10.8. The molecule has 0 radical (unpaired) electrons. The van der Waals surface area contributed by atoms with Crippen molar-refractivity contribution < 1.29 is 18.4 Å². The van der Waals surface area contributed by atoms with Crippen LogP contribution in [-0.2, 0) is 18.4 Å². The first kappa shape index (κ1) is 15.6. The summed E-state index contributed by atoms with van der Waals surface area (Å²) in [7, 11) is -3.10. The van der Waals surface area contributed by atoms with Crippen LogP contribution in [0, 0.1) is 0 Å². The molecule has 0 aliphatic carbocycles. The summed E-state index contributed by atoms with van der Waals surface area (Å²) in [6.07, 6.45) is 0.225. The van der Waals surface area contributed by atoms with Gasteiger partial charge in [-0.05, 0) is 13.8 Å². The Kier molecular flexibility index (Phi) is 8.47. The summed E-state index contributed by atoms with van der Waals surface area (Å²) in [6, 6.07) is 0. The standard InChI is InChI=1S/C9H21N2O4P/c1-3-14-16(13,15-4-2)8-5-9(12)11-7-6-10/h3-8,10H2,1-2H3,(H,11,12). The van der Waals surface area contributed by atoms with E-state index in [9.17, 15) is 9.36 Å². The van der Waals surface area contributed by atoms with Gasteiger partial charge in [-0.3, -0.25) is 9.36 Å². The van der Waals surface area contributed by atoms with E-state index in [1.165, 1.54) is 0 Å². The summed E-state index contributed by atoms with van der Waals surface area (Å²) in [4.78, 5) is 11.3. The molecule has 0 aromatic heterocycles. The van der Waals surface area contributed by atoms with Crippen LogP contribution in [0.2, 0.25) is 0 Å². The van der Waals surface area contributed by atoms with Gasteiger partial charge in [0.25, 0.3) is 0 Å². The second-order valence-electron chi connectivity index (χ2n) is 3.06. The van der Waals surface area contributed by atoms with E-state index >= 15 is 0 Å². The minimum atomic E-state index is -3.10. The van der Waals surface area contributed by atoms with Gasteiger partial charge in [-0.1, -0.05) is 0 Å². The first-order valence-corrected chi connectivity index (χ1v) is 7.15. The van der Waals surface area contributed by atoms with Gasteiger partial charge in [0, 0.05) is 19.5 Å². The topological polar surface area (TPSA) is 90.7 Å². The highest BCUT2D eigenvalue weighted by atomic mass is 31.2. The lowest BCUT2D eigenvalue weighted by Gasteiger charge is -2.16. The van der Waals surface area contributed by atoms with Crippen molar-refractivity contribution in [1.29, 1.82) is 0 Å². The fourth-order valence-corrected chi connectivity index (χ4v) is 2.69. The van der Waals surface area contributed by atoms with Gasteiger partial charge in [0.05, 0.1) is 19.4 Å². The van der Waals surface area contributed by atoms with Crippen LogP contribution in [0.1, 0.15) is 20.3 Å². The quantitative estimate of drug-likeness (QED) is 0.590. The van der Waals surface area contributed by atoms with Crippen molar-refractivity contribution in [2.24, 2.45) is 5.73 Å². The Morgan fingerprint density at radius 2 is 1.88 bits per heavy atom. The van der Waals surface area contributed by atoms with Crippen LogP contribution in [0.5, 0.6) is 0 Å². The van der Waals surface area contributed by atoms with Gasteiger partial charge < -0.3 is 20.1 Å². The Bertz CT molecular complexity index is 238. The van der Waals surface area contributed by atoms with E-state index in [-0.39, 0.29) is 18.5 Å². The van der Waals surface area contributed by atoms with Crippen LogP contribution in [-0.4, -0.2) is 38.4 Å². The Balaban J connectivity index is 4.01. The maximum atomic E-state index is 11.9. The third-order valence-corrected chi connectivity index (χ3v) is 3.81. The SMILES string of the molecule is CCOP(=O)(CCC(=O)NCCN)OCC. The monoisotopic (exact) mass is 252 g/mol. The predicted molar refractivity (Wildman–Crippen MR) is 62.4 cm³/mol. The number of carbonyl (C=O) groups excluding carboxylic acids is 1. The first-order chi connectivity index (χ1) is 7.58. The van der Waals surface area contributed by atoms with E-state index in [4.69, 9.17) is 14.8 Å². The van der Waals surface area contributed by atoms with E-state index in [1.807, 2.05) is 0 Å². The van der Waals surface area contributed by atoms with Crippen LogP contribution in [0.3, 0.4) is 0 Å². The molecule has 0 saturated heterocycles. The highest BCUT2D eigenvalue weighted by Gasteiger charge is 2.24. The lowest BCUT2D eigenvalue weighted by Crippen LogP contribution is -2.29. The third kappa shape index (κ3) is 6.95. The molecule has 0 spiro atoms. The van der Waals surface area contributed by atoms with Crippen LogP contribution in [0.25, 0.3) is 0 Å². The van der Waals surface area contributed by atoms with E-state index < -0.39 is 7.60 Å². The van der Waals surface area contributed by atoms with Gasteiger partial charge in [0.15, 0.2) is 0 Å². The number of rotatable bonds is 9. The maximum Gasteiger partial charge on any atom is 0.331 e. The lowest BCUT2D eigenvalue weighted by molar-refractivity contribution is -0.120. The minimum absolute atomic E-state index is 0.102. The van der Waals surface area contributed by atoms with Gasteiger partial charge in [0.1, 0.15) is 0 Å². The number of hydrogen-bond donors (Lipinski definition) is 2. The van der Waals surface area contributed by atoms with Crippen molar-refractivity contribution in [3.63, 3.8) is 0 Å². The molecule has 0 saturated carbocycles. The smallest absolute Gasteiger partial charge is 0.331 e. The van der Waals surface area contributed by atoms with Gasteiger partial charge in [-0.25, -0.2) is 0 Å². The van der Waals surface area contributed by atoms with Crippen molar-refractivity contribution in [3.05, 3.63) is 0 Å². The van der Waals surface area contributed by atoms with E-state index in [1.54, 1.807) is 13.8 Å². The second-order valence-corrected chi connectivity index (χ2v) is 5.24. The molecule has 0 fully saturated rings. The largest absolute Gasteiger partial charge is 0.355 e. The predicted octanol–water partition coefficient (Wildman–Crippen LogP) is 0.718. The molecule has 0 aliphatic heterocycles. The molecule has 0 aliphatic rings. The molecule has 0 atom stereocenters. The molecule has 96 valence electrons. The fraction of sp³-hybridized carbons (Fsp3) is 0.889. The van der Waals surface area contributed by atoms with E-state index in [2.05, 4.69) is 5.32 Å². The van der Waals surface area contributed by atoms with Gasteiger partial charge in [-0.2, -0.15) is 0 Å².